The third-order valence-electron chi connectivity index (χ3n) is 4.42. The van der Waals surface area contributed by atoms with E-state index in [1.54, 1.807) is 5.56 Å². The van der Waals surface area contributed by atoms with Gasteiger partial charge in [-0.15, -0.1) is 0 Å². The molecule has 0 heterocycles. The molecule has 2 aromatic carbocycles. The summed E-state index contributed by atoms with van der Waals surface area (Å²) < 4.78 is 0. The van der Waals surface area contributed by atoms with Gasteiger partial charge in [-0.3, -0.25) is 0 Å². The Balaban J connectivity index is 2.02. The van der Waals surface area contributed by atoms with Crippen LogP contribution in [0.1, 0.15) is 40.3 Å². The molecule has 0 radical (unpaired) electrons. The SMILES string of the molecule is CCc1cc2ccc1CCc1ccc(c(C)c1)CC2. The fraction of sp³-hybridized carbons (Fsp3) is 0.368. The van der Waals surface area contributed by atoms with Crippen LogP contribution in [0.25, 0.3) is 0 Å². The van der Waals surface area contributed by atoms with E-state index in [1.807, 2.05) is 0 Å². The summed E-state index contributed by atoms with van der Waals surface area (Å²) in [6.07, 6.45) is 5.80. The van der Waals surface area contributed by atoms with Crippen LogP contribution in [0.3, 0.4) is 0 Å². The zero-order chi connectivity index (χ0) is 13.2. The van der Waals surface area contributed by atoms with Gasteiger partial charge < -0.3 is 0 Å². The Morgan fingerprint density at radius 3 is 2.11 bits per heavy atom. The van der Waals surface area contributed by atoms with Gasteiger partial charge in [-0.2, -0.15) is 0 Å². The fourth-order valence-electron chi connectivity index (χ4n) is 3.16. The van der Waals surface area contributed by atoms with Gasteiger partial charge in [-0.05, 0) is 72.4 Å². The Bertz CT molecular complexity index is 593. The number of rotatable bonds is 1. The minimum atomic E-state index is 1.15. The first kappa shape index (κ1) is 12.5. The van der Waals surface area contributed by atoms with Crippen LogP contribution in [-0.4, -0.2) is 0 Å². The second kappa shape index (κ2) is 5.21. The Morgan fingerprint density at radius 2 is 1.42 bits per heavy atom. The summed E-state index contributed by atoms with van der Waals surface area (Å²) in [6.45, 7) is 4.52. The average molecular weight is 250 g/mol. The predicted octanol–water partition coefficient (Wildman–Crippen LogP) is 4.44. The molecule has 6 rings (SSSR count). The van der Waals surface area contributed by atoms with Crippen LogP contribution in [0.2, 0.25) is 0 Å². The highest BCUT2D eigenvalue weighted by molar-refractivity contribution is 5.37. The van der Waals surface area contributed by atoms with Crippen LogP contribution in [-0.2, 0) is 32.1 Å². The van der Waals surface area contributed by atoms with Gasteiger partial charge in [0.25, 0.3) is 0 Å². The molecule has 0 N–H and O–H groups in total. The highest BCUT2D eigenvalue weighted by Crippen LogP contribution is 2.21. The normalized spacial score (nSPS) is 14.2. The van der Waals surface area contributed by atoms with Gasteiger partial charge in [0.2, 0.25) is 0 Å². The molecule has 0 aliphatic heterocycles. The lowest BCUT2D eigenvalue weighted by molar-refractivity contribution is 0.892. The fourth-order valence-corrected chi connectivity index (χ4v) is 3.16. The molecule has 4 aliphatic carbocycles. The Hall–Kier alpha value is -1.56. The van der Waals surface area contributed by atoms with Gasteiger partial charge >= 0.3 is 0 Å². The molecular weight excluding hydrogens is 228 g/mol. The Kier molecular flexibility index (Phi) is 3.42. The first-order chi connectivity index (χ1) is 9.26. The minimum Gasteiger partial charge on any atom is -0.0613 e. The van der Waals surface area contributed by atoms with Gasteiger partial charge in [0.15, 0.2) is 0 Å². The molecule has 0 heteroatoms. The molecule has 0 fully saturated rings. The van der Waals surface area contributed by atoms with Crippen molar-refractivity contribution in [3.63, 3.8) is 0 Å². The van der Waals surface area contributed by atoms with E-state index in [1.165, 1.54) is 34.2 Å². The summed E-state index contributed by atoms with van der Waals surface area (Å²) >= 11 is 0. The molecule has 4 bridgehead atoms. The topological polar surface area (TPSA) is 0 Å². The third-order valence-corrected chi connectivity index (χ3v) is 4.42. The first-order valence-electron chi connectivity index (χ1n) is 7.45. The van der Waals surface area contributed by atoms with Crippen LogP contribution in [0.15, 0.2) is 36.4 Å². The quantitative estimate of drug-likeness (QED) is 0.702. The van der Waals surface area contributed by atoms with Gasteiger partial charge in [-0.1, -0.05) is 43.3 Å². The zero-order valence-electron chi connectivity index (χ0n) is 12.0. The molecule has 0 spiro atoms. The van der Waals surface area contributed by atoms with E-state index < -0.39 is 0 Å². The Labute approximate surface area is 116 Å². The van der Waals surface area contributed by atoms with E-state index in [0.29, 0.717) is 0 Å². The largest absolute Gasteiger partial charge is 0.0613 e. The van der Waals surface area contributed by atoms with E-state index in [9.17, 15) is 0 Å². The lowest BCUT2D eigenvalue weighted by Crippen LogP contribution is -2.03. The van der Waals surface area contributed by atoms with Crippen molar-refractivity contribution in [2.24, 2.45) is 0 Å². The van der Waals surface area contributed by atoms with Gasteiger partial charge in [0.1, 0.15) is 0 Å². The van der Waals surface area contributed by atoms with Crippen molar-refractivity contribution in [3.05, 3.63) is 69.8 Å². The summed E-state index contributed by atoms with van der Waals surface area (Å²) in [6, 6.07) is 14.2. The highest BCUT2D eigenvalue weighted by Gasteiger charge is 2.08. The van der Waals surface area contributed by atoms with Gasteiger partial charge in [-0.25, -0.2) is 0 Å². The van der Waals surface area contributed by atoms with Crippen molar-refractivity contribution < 1.29 is 0 Å². The lowest BCUT2D eigenvalue weighted by Gasteiger charge is -2.15. The summed E-state index contributed by atoms with van der Waals surface area (Å²) in [4.78, 5) is 0. The molecule has 0 unspecified atom stereocenters. The van der Waals surface area contributed by atoms with Crippen molar-refractivity contribution in [2.45, 2.75) is 46.0 Å². The van der Waals surface area contributed by atoms with Crippen molar-refractivity contribution in [3.8, 4) is 0 Å². The zero-order valence-corrected chi connectivity index (χ0v) is 12.0. The summed E-state index contributed by atoms with van der Waals surface area (Å²) in [5.74, 6) is 0. The Morgan fingerprint density at radius 1 is 0.789 bits per heavy atom. The maximum absolute atomic E-state index is 2.43. The molecule has 19 heavy (non-hydrogen) atoms. The third kappa shape index (κ3) is 2.58. The second-order valence-corrected chi connectivity index (χ2v) is 5.72. The molecule has 0 aromatic heterocycles. The molecule has 0 saturated heterocycles. The van der Waals surface area contributed by atoms with Crippen molar-refractivity contribution in [2.75, 3.05) is 0 Å². The molecule has 0 saturated carbocycles. The van der Waals surface area contributed by atoms with Crippen molar-refractivity contribution >= 4 is 0 Å². The first-order valence-corrected chi connectivity index (χ1v) is 7.45. The van der Waals surface area contributed by atoms with E-state index in [0.717, 1.165) is 25.7 Å². The van der Waals surface area contributed by atoms with E-state index in [4.69, 9.17) is 0 Å². The number of aryl methyl sites for hydroxylation is 6. The van der Waals surface area contributed by atoms with E-state index in [-0.39, 0.29) is 0 Å². The smallest absolute Gasteiger partial charge is 0.0236 e. The van der Waals surface area contributed by atoms with Crippen LogP contribution in [0.4, 0.5) is 0 Å². The van der Waals surface area contributed by atoms with E-state index >= 15 is 0 Å². The average Bonchev–Trinajstić information content (AvgIpc) is 2.42. The number of benzene rings is 2. The second-order valence-electron chi connectivity index (χ2n) is 5.72. The van der Waals surface area contributed by atoms with E-state index in [2.05, 4.69) is 50.2 Å². The summed E-state index contributed by atoms with van der Waals surface area (Å²) in [7, 11) is 0. The summed E-state index contributed by atoms with van der Waals surface area (Å²) in [5.41, 5.74) is 9.02. The van der Waals surface area contributed by atoms with Gasteiger partial charge in [0, 0.05) is 0 Å². The standard InChI is InChI=1S/C19H22/c1-3-17-13-16-5-9-18-8-4-15(12-14(18)2)6-10-19(17)11-7-16/h4,7-8,11-13H,3,5-6,9-10H2,1-2H3. The molecule has 0 amide bonds. The predicted molar refractivity (Wildman–Crippen MR) is 81.8 cm³/mol. The highest BCUT2D eigenvalue weighted by atomic mass is 14.1. The van der Waals surface area contributed by atoms with Crippen LogP contribution >= 0.6 is 0 Å². The van der Waals surface area contributed by atoms with Crippen LogP contribution in [0, 0.1) is 6.92 Å². The van der Waals surface area contributed by atoms with Crippen LogP contribution < -0.4 is 0 Å². The maximum atomic E-state index is 2.43. The monoisotopic (exact) mass is 250 g/mol. The minimum absolute atomic E-state index is 1.15. The molecule has 98 valence electrons. The van der Waals surface area contributed by atoms with Crippen molar-refractivity contribution in [1.29, 1.82) is 0 Å². The molecule has 0 atom stereocenters. The molecule has 4 aliphatic rings. The van der Waals surface area contributed by atoms with Gasteiger partial charge in [0.05, 0.1) is 0 Å². The number of hydrogen-bond acceptors (Lipinski definition) is 0. The molecule has 2 aromatic rings. The number of hydrogen-bond donors (Lipinski definition) is 0. The van der Waals surface area contributed by atoms with Crippen molar-refractivity contribution in [1.82, 2.24) is 0 Å². The molecule has 0 nitrogen and oxygen atoms in total. The lowest BCUT2D eigenvalue weighted by atomic mass is 9.91. The maximum Gasteiger partial charge on any atom is -0.0236 e. The van der Waals surface area contributed by atoms with Crippen LogP contribution in [0.5, 0.6) is 0 Å². The summed E-state index contributed by atoms with van der Waals surface area (Å²) in [5, 5.41) is 0. The molecular formula is C19H22.